The van der Waals surface area contributed by atoms with Crippen LogP contribution in [0.3, 0.4) is 0 Å². The lowest BCUT2D eigenvalue weighted by molar-refractivity contribution is 0.234. The quantitative estimate of drug-likeness (QED) is 0.816. The van der Waals surface area contributed by atoms with Crippen LogP contribution < -0.4 is 5.32 Å². The summed E-state index contributed by atoms with van der Waals surface area (Å²) in [6, 6.07) is 0.500. The Morgan fingerprint density at radius 3 is 2.75 bits per heavy atom. The second-order valence-electron chi connectivity index (χ2n) is 4.72. The molecule has 2 rings (SSSR count). The number of thiophene rings is 1. The van der Waals surface area contributed by atoms with Crippen molar-refractivity contribution in [1.29, 1.82) is 0 Å². The lowest BCUT2D eigenvalue weighted by atomic mass is 9.79. The van der Waals surface area contributed by atoms with Crippen LogP contribution in [-0.2, 0) is 0 Å². The summed E-state index contributed by atoms with van der Waals surface area (Å²) in [5.74, 6) is 0.807. The third-order valence-corrected chi connectivity index (χ3v) is 5.24. The Kier molecular flexibility index (Phi) is 4.28. The molecule has 1 aliphatic carbocycles. The van der Waals surface area contributed by atoms with Crippen LogP contribution >= 0.6 is 22.9 Å². The van der Waals surface area contributed by atoms with E-state index in [9.17, 15) is 0 Å². The molecular formula is C13H20ClNS. The molecule has 90 valence electrons. The third-order valence-electron chi connectivity index (χ3n) is 3.44. The molecule has 1 aliphatic rings. The van der Waals surface area contributed by atoms with E-state index in [0.29, 0.717) is 6.04 Å². The number of rotatable bonds is 5. The molecule has 1 unspecified atom stereocenters. The van der Waals surface area contributed by atoms with Crippen molar-refractivity contribution in [2.75, 3.05) is 6.54 Å². The molecule has 0 aromatic carbocycles. The van der Waals surface area contributed by atoms with E-state index in [1.165, 1.54) is 36.1 Å². The largest absolute Gasteiger partial charge is 0.309 e. The van der Waals surface area contributed by atoms with Gasteiger partial charge in [0.2, 0.25) is 0 Å². The highest BCUT2D eigenvalue weighted by atomic mass is 35.5. The average molecular weight is 258 g/mol. The molecule has 1 atom stereocenters. The van der Waals surface area contributed by atoms with Crippen LogP contribution in [-0.4, -0.2) is 6.54 Å². The lowest BCUT2D eigenvalue weighted by Crippen LogP contribution is -2.32. The fourth-order valence-electron chi connectivity index (χ4n) is 2.21. The molecule has 1 aromatic rings. The van der Waals surface area contributed by atoms with Gasteiger partial charge >= 0.3 is 0 Å². The molecule has 0 amide bonds. The minimum absolute atomic E-state index is 0.500. The highest BCUT2D eigenvalue weighted by molar-refractivity contribution is 7.10. The molecule has 0 aliphatic heterocycles. The van der Waals surface area contributed by atoms with Crippen molar-refractivity contribution < 1.29 is 0 Å². The molecule has 0 saturated heterocycles. The van der Waals surface area contributed by atoms with Crippen molar-refractivity contribution in [1.82, 2.24) is 5.32 Å². The lowest BCUT2D eigenvalue weighted by Gasteiger charge is -2.34. The van der Waals surface area contributed by atoms with E-state index in [0.717, 1.165) is 17.5 Å². The third kappa shape index (κ3) is 2.44. The minimum Gasteiger partial charge on any atom is -0.309 e. The summed E-state index contributed by atoms with van der Waals surface area (Å²) in [4.78, 5) is 1.36. The topological polar surface area (TPSA) is 12.0 Å². The summed E-state index contributed by atoms with van der Waals surface area (Å²) in [6.45, 7) is 5.40. The van der Waals surface area contributed by atoms with Crippen LogP contribution in [0.15, 0.2) is 5.38 Å². The summed E-state index contributed by atoms with van der Waals surface area (Å²) in [5.41, 5.74) is 1.23. The van der Waals surface area contributed by atoms with Gasteiger partial charge in [0.15, 0.2) is 0 Å². The Morgan fingerprint density at radius 1 is 1.56 bits per heavy atom. The highest BCUT2D eigenvalue weighted by Gasteiger charge is 2.30. The van der Waals surface area contributed by atoms with Crippen LogP contribution in [0.25, 0.3) is 0 Å². The first-order valence-electron chi connectivity index (χ1n) is 6.21. The molecule has 16 heavy (non-hydrogen) atoms. The molecule has 1 heterocycles. The minimum atomic E-state index is 0.500. The van der Waals surface area contributed by atoms with E-state index in [-0.39, 0.29) is 0 Å². The summed E-state index contributed by atoms with van der Waals surface area (Å²) in [6.07, 6.45) is 5.28. The van der Waals surface area contributed by atoms with Gasteiger partial charge in [0.25, 0.3) is 0 Å². The van der Waals surface area contributed by atoms with Crippen molar-refractivity contribution in [3.8, 4) is 0 Å². The molecule has 1 fully saturated rings. The van der Waals surface area contributed by atoms with Crippen LogP contribution in [0.4, 0.5) is 0 Å². The van der Waals surface area contributed by atoms with Crippen LogP contribution in [0.2, 0.25) is 5.02 Å². The van der Waals surface area contributed by atoms with Crippen LogP contribution in [0, 0.1) is 12.8 Å². The maximum atomic E-state index is 6.38. The Hall–Kier alpha value is -0.0500. The van der Waals surface area contributed by atoms with Crippen LogP contribution in [0.1, 0.15) is 49.1 Å². The molecule has 0 radical (unpaired) electrons. The normalized spacial score (nSPS) is 18.4. The van der Waals surface area contributed by atoms with E-state index in [1.807, 2.05) is 11.3 Å². The molecule has 0 bridgehead atoms. The smallest absolute Gasteiger partial charge is 0.0590 e. The van der Waals surface area contributed by atoms with Gasteiger partial charge in [0, 0.05) is 10.9 Å². The van der Waals surface area contributed by atoms with E-state index in [1.54, 1.807) is 0 Å². The molecule has 1 nitrogen and oxygen atoms in total. The van der Waals surface area contributed by atoms with Gasteiger partial charge in [0.05, 0.1) is 5.02 Å². The molecule has 3 heteroatoms. The summed E-state index contributed by atoms with van der Waals surface area (Å²) >= 11 is 8.20. The number of nitrogens with one attached hydrogen (secondary N) is 1. The first-order chi connectivity index (χ1) is 7.74. The Balaban J connectivity index is 2.13. The van der Waals surface area contributed by atoms with Gasteiger partial charge in [-0.2, -0.15) is 0 Å². The second-order valence-corrected chi connectivity index (χ2v) is 6.01. The molecule has 1 saturated carbocycles. The number of hydrogen-bond donors (Lipinski definition) is 1. The van der Waals surface area contributed by atoms with Gasteiger partial charge in [-0.3, -0.25) is 0 Å². The Bertz CT molecular complexity index is 344. The molecule has 1 N–H and O–H groups in total. The maximum absolute atomic E-state index is 6.38. The first kappa shape index (κ1) is 12.4. The van der Waals surface area contributed by atoms with Crippen molar-refractivity contribution in [3.63, 3.8) is 0 Å². The maximum Gasteiger partial charge on any atom is 0.0590 e. The monoisotopic (exact) mass is 257 g/mol. The number of hydrogen-bond acceptors (Lipinski definition) is 2. The summed E-state index contributed by atoms with van der Waals surface area (Å²) < 4.78 is 0. The number of aryl methyl sites for hydroxylation is 1. The van der Waals surface area contributed by atoms with E-state index in [4.69, 9.17) is 11.6 Å². The van der Waals surface area contributed by atoms with Crippen molar-refractivity contribution in [3.05, 3.63) is 20.8 Å². The van der Waals surface area contributed by atoms with Gasteiger partial charge in [0.1, 0.15) is 0 Å². The van der Waals surface area contributed by atoms with Crippen molar-refractivity contribution >= 4 is 22.9 Å². The zero-order valence-electron chi connectivity index (χ0n) is 10.1. The molecule has 0 spiro atoms. The van der Waals surface area contributed by atoms with E-state index in [2.05, 4.69) is 24.5 Å². The fourth-order valence-corrected chi connectivity index (χ4v) is 3.68. The Labute approximate surface area is 107 Å². The summed E-state index contributed by atoms with van der Waals surface area (Å²) in [5, 5.41) is 6.84. The average Bonchev–Trinajstić information content (AvgIpc) is 2.52. The van der Waals surface area contributed by atoms with Crippen LogP contribution in [0.5, 0.6) is 0 Å². The van der Waals surface area contributed by atoms with E-state index < -0.39 is 0 Å². The van der Waals surface area contributed by atoms with Gasteiger partial charge in [-0.1, -0.05) is 24.9 Å². The van der Waals surface area contributed by atoms with Crippen molar-refractivity contribution in [2.24, 2.45) is 5.92 Å². The molecule has 1 aromatic heterocycles. The summed E-state index contributed by atoms with van der Waals surface area (Å²) in [7, 11) is 0. The first-order valence-corrected chi connectivity index (χ1v) is 7.46. The van der Waals surface area contributed by atoms with Gasteiger partial charge in [-0.15, -0.1) is 11.3 Å². The standard InChI is InChI=1S/C13H20ClNS/c1-3-7-15-12(10-5-4-6-10)13-11(14)9(2)8-16-13/h8,10,12,15H,3-7H2,1-2H3. The number of halogens is 1. The van der Waals surface area contributed by atoms with Gasteiger partial charge in [-0.25, -0.2) is 0 Å². The predicted molar refractivity (Wildman–Crippen MR) is 72.4 cm³/mol. The molecular weight excluding hydrogens is 238 g/mol. The SMILES string of the molecule is CCCNC(c1scc(C)c1Cl)C1CCC1. The fraction of sp³-hybridized carbons (Fsp3) is 0.692. The zero-order chi connectivity index (χ0) is 11.5. The van der Waals surface area contributed by atoms with E-state index >= 15 is 0 Å². The zero-order valence-corrected chi connectivity index (χ0v) is 11.6. The van der Waals surface area contributed by atoms with Gasteiger partial charge < -0.3 is 5.32 Å². The predicted octanol–water partition coefficient (Wildman–Crippen LogP) is 4.55. The van der Waals surface area contributed by atoms with Crippen molar-refractivity contribution in [2.45, 2.75) is 45.6 Å². The second kappa shape index (κ2) is 5.52. The van der Waals surface area contributed by atoms with Gasteiger partial charge in [-0.05, 0) is 49.6 Å². The highest BCUT2D eigenvalue weighted by Crippen LogP contribution is 2.43. The Morgan fingerprint density at radius 2 is 2.31 bits per heavy atom.